The molecule has 3 rings (SSSR count). The van der Waals surface area contributed by atoms with Crippen molar-refractivity contribution in [1.82, 2.24) is 5.32 Å². The van der Waals surface area contributed by atoms with Crippen molar-refractivity contribution in [3.05, 3.63) is 95.8 Å². The third kappa shape index (κ3) is 6.34. The van der Waals surface area contributed by atoms with Crippen molar-refractivity contribution in [1.29, 1.82) is 0 Å². The summed E-state index contributed by atoms with van der Waals surface area (Å²) in [4.78, 5) is 12.7. The molecule has 0 radical (unpaired) electrons. The van der Waals surface area contributed by atoms with E-state index < -0.39 is 15.9 Å². The molecular weight excluding hydrogens is 447 g/mol. The largest absolute Gasteiger partial charge is 0.354 e. The van der Waals surface area contributed by atoms with E-state index in [1.54, 1.807) is 60.7 Å². The molecule has 0 heterocycles. The number of para-hydroxylation sites is 1. The van der Waals surface area contributed by atoms with Crippen molar-refractivity contribution in [2.75, 3.05) is 23.1 Å². The number of carbonyl (C=O) groups excluding carboxylic acids is 1. The molecule has 0 spiro atoms. The van der Waals surface area contributed by atoms with E-state index in [0.717, 1.165) is 9.87 Å². The van der Waals surface area contributed by atoms with Gasteiger partial charge in [-0.25, -0.2) is 12.8 Å². The third-order valence-corrected chi connectivity index (χ3v) is 7.52. The van der Waals surface area contributed by atoms with Gasteiger partial charge in [-0.2, -0.15) is 11.8 Å². The Labute approximate surface area is 192 Å². The molecule has 0 atom stereocenters. The van der Waals surface area contributed by atoms with Crippen LogP contribution in [0.3, 0.4) is 0 Å². The second-order valence-corrected chi connectivity index (χ2v) is 10.1. The van der Waals surface area contributed by atoms with Gasteiger partial charge in [-0.05, 0) is 42.8 Å². The molecule has 0 aromatic heterocycles. The van der Waals surface area contributed by atoms with Crippen LogP contribution >= 0.6 is 11.8 Å². The fraction of sp³-hybridized carbons (Fsp3) is 0.208. The van der Waals surface area contributed by atoms with Crippen molar-refractivity contribution in [2.45, 2.75) is 17.6 Å². The summed E-state index contributed by atoms with van der Waals surface area (Å²) in [5, 5.41) is 2.76. The van der Waals surface area contributed by atoms with E-state index >= 15 is 0 Å². The third-order valence-electron chi connectivity index (χ3n) is 4.72. The van der Waals surface area contributed by atoms with Crippen molar-refractivity contribution in [3.8, 4) is 0 Å². The van der Waals surface area contributed by atoms with E-state index in [1.807, 2.05) is 6.92 Å². The van der Waals surface area contributed by atoms with Crippen molar-refractivity contribution >= 4 is 33.4 Å². The average molecular weight is 473 g/mol. The average Bonchev–Trinajstić information content (AvgIpc) is 2.79. The summed E-state index contributed by atoms with van der Waals surface area (Å²) in [6, 6.07) is 21.7. The van der Waals surface area contributed by atoms with Gasteiger partial charge in [0.25, 0.3) is 10.0 Å². The van der Waals surface area contributed by atoms with Crippen LogP contribution in [0.2, 0.25) is 0 Å². The van der Waals surface area contributed by atoms with Gasteiger partial charge in [0.15, 0.2) is 0 Å². The van der Waals surface area contributed by atoms with Gasteiger partial charge in [0, 0.05) is 18.1 Å². The Hall–Kier alpha value is -2.84. The lowest BCUT2D eigenvalue weighted by atomic mass is 10.2. The van der Waals surface area contributed by atoms with Gasteiger partial charge in [-0.1, -0.05) is 54.1 Å². The van der Waals surface area contributed by atoms with Crippen LogP contribution in [0.1, 0.15) is 11.1 Å². The first-order valence-electron chi connectivity index (χ1n) is 10.1. The molecule has 0 fully saturated rings. The summed E-state index contributed by atoms with van der Waals surface area (Å²) < 4.78 is 41.3. The summed E-state index contributed by atoms with van der Waals surface area (Å²) in [5.74, 6) is 0.427. The standard InChI is InChI=1S/C24H25FN2O3S2/c1-19-11-13-22(14-12-19)32(29,30)27(21-8-3-2-4-9-21)17-24(28)26-15-16-31-18-20-7-5-6-10-23(20)25/h2-14H,15-18H2,1H3,(H,26,28). The first-order chi connectivity index (χ1) is 15.4. The molecule has 0 saturated heterocycles. The predicted molar refractivity (Wildman–Crippen MR) is 128 cm³/mol. The van der Waals surface area contributed by atoms with E-state index in [0.29, 0.717) is 29.3 Å². The quantitative estimate of drug-likeness (QED) is 0.445. The maximum Gasteiger partial charge on any atom is 0.264 e. The number of hydrogen-bond acceptors (Lipinski definition) is 4. The second kappa shape index (κ2) is 11.2. The summed E-state index contributed by atoms with van der Waals surface area (Å²) >= 11 is 1.49. The van der Waals surface area contributed by atoms with Crippen LogP contribution in [-0.2, 0) is 20.6 Å². The lowest BCUT2D eigenvalue weighted by Gasteiger charge is -2.24. The van der Waals surface area contributed by atoms with Crippen LogP contribution < -0.4 is 9.62 Å². The SMILES string of the molecule is Cc1ccc(S(=O)(=O)N(CC(=O)NCCSCc2ccccc2F)c2ccccc2)cc1. The summed E-state index contributed by atoms with van der Waals surface area (Å²) in [7, 11) is -3.92. The van der Waals surface area contributed by atoms with E-state index in [4.69, 9.17) is 0 Å². The minimum Gasteiger partial charge on any atom is -0.354 e. The molecule has 1 N–H and O–H groups in total. The Bertz CT molecular complexity index is 1140. The molecule has 3 aromatic rings. The molecule has 3 aromatic carbocycles. The van der Waals surface area contributed by atoms with Crippen LogP contribution in [0.5, 0.6) is 0 Å². The zero-order valence-corrected chi connectivity index (χ0v) is 19.3. The number of nitrogens with zero attached hydrogens (tertiary/aromatic N) is 1. The van der Waals surface area contributed by atoms with Crippen LogP contribution in [-0.4, -0.2) is 33.2 Å². The van der Waals surface area contributed by atoms with E-state index in [-0.39, 0.29) is 17.3 Å². The lowest BCUT2D eigenvalue weighted by Crippen LogP contribution is -2.41. The number of aryl methyl sites for hydroxylation is 1. The van der Waals surface area contributed by atoms with E-state index in [2.05, 4.69) is 5.32 Å². The van der Waals surface area contributed by atoms with Gasteiger partial charge < -0.3 is 5.32 Å². The number of benzene rings is 3. The highest BCUT2D eigenvalue weighted by atomic mass is 32.2. The second-order valence-electron chi connectivity index (χ2n) is 7.15. The Kier molecular flexibility index (Phi) is 8.30. The summed E-state index contributed by atoms with van der Waals surface area (Å²) in [5.41, 5.74) is 1.97. The van der Waals surface area contributed by atoms with E-state index in [9.17, 15) is 17.6 Å². The van der Waals surface area contributed by atoms with Gasteiger partial charge in [-0.3, -0.25) is 9.10 Å². The number of thioether (sulfide) groups is 1. The fourth-order valence-corrected chi connectivity index (χ4v) is 5.26. The molecule has 0 aliphatic rings. The molecule has 1 amide bonds. The van der Waals surface area contributed by atoms with Crippen molar-refractivity contribution < 1.29 is 17.6 Å². The maximum absolute atomic E-state index is 13.7. The molecule has 0 saturated carbocycles. The number of carbonyl (C=O) groups is 1. The first-order valence-corrected chi connectivity index (χ1v) is 12.7. The van der Waals surface area contributed by atoms with E-state index in [1.165, 1.54) is 30.0 Å². The summed E-state index contributed by atoms with van der Waals surface area (Å²) in [6.45, 7) is 1.90. The highest BCUT2D eigenvalue weighted by molar-refractivity contribution is 7.98. The van der Waals surface area contributed by atoms with Crippen molar-refractivity contribution in [3.63, 3.8) is 0 Å². The number of rotatable bonds is 10. The molecule has 168 valence electrons. The van der Waals surface area contributed by atoms with Crippen molar-refractivity contribution in [2.24, 2.45) is 0 Å². The monoisotopic (exact) mass is 472 g/mol. The van der Waals surface area contributed by atoms with Crippen LogP contribution in [0, 0.1) is 12.7 Å². The minimum atomic E-state index is -3.92. The molecule has 0 bridgehead atoms. The number of halogens is 1. The highest BCUT2D eigenvalue weighted by Gasteiger charge is 2.26. The minimum absolute atomic E-state index is 0.125. The van der Waals surface area contributed by atoms with Crippen LogP contribution in [0.15, 0.2) is 83.8 Å². The number of amides is 1. The highest BCUT2D eigenvalue weighted by Crippen LogP contribution is 2.23. The Balaban J connectivity index is 1.62. The van der Waals surface area contributed by atoms with Gasteiger partial charge in [0.2, 0.25) is 5.91 Å². The maximum atomic E-state index is 13.7. The Morgan fingerprint density at radius 3 is 2.31 bits per heavy atom. The smallest absolute Gasteiger partial charge is 0.264 e. The Morgan fingerprint density at radius 2 is 1.62 bits per heavy atom. The molecule has 32 heavy (non-hydrogen) atoms. The predicted octanol–water partition coefficient (Wildman–Crippen LogP) is 4.38. The zero-order chi connectivity index (χ0) is 23.0. The molecule has 8 heteroatoms. The molecule has 5 nitrogen and oxygen atoms in total. The molecule has 0 aliphatic carbocycles. The van der Waals surface area contributed by atoms with Gasteiger partial charge in [0.1, 0.15) is 12.4 Å². The van der Waals surface area contributed by atoms with Gasteiger partial charge in [0.05, 0.1) is 10.6 Å². The Morgan fingerprint density at radius 1 is 0.969 bits per heavy atom. The number of sulfonamides is 1. The van der Waals surface area contributed by atoms with Gasteiger partial charge >= 0.3 is 0 Å². The fourth-order valence-electron chi connectivity index (χ4n) is 2.99. The molecule has 0 aliphatic heterocycles. The number of anilines is 1. The number of nitrogens with one attached hydrogen (secondary N) is 1. The lowest BCUT2D eigenvalue weighted by molar-refractivity contribution is -0.119. The molecule has 0 unspecified atom stereocenters. The van der Waals surface area contributed by atoms with Crippen LogP contribution in [0.25, 0.3) is 0 Å². The normalized spacial score (nSPS) is 11.2. The topological polar surface area (TPSA) is 66.5 Å². The van der Waals surface area contributed by atoms with Crippen LogP contribution in [0.4, 0.5) is 10.1 Å². The number of hydrogen-bond donors (Lipinski definition) is 1. The summed E-state index contributed by atoms with van der Waals surface area (Å²) in [6.07, 6.45) is 0. The first kappa shape index (κ1) is 23.8. The molecular formula is C24H25FN2O3S2. The zero-order valence-electron chi connectivity index (χ0n) is 17.7. The van der Waals surface area contributed by atoms with Gasteiger partial charge in [-0.15, -0.1) is 0 Å².